The Morgan fingerprint density at radius 1 is 0.911 bits per heavy atom. The summed E-state index contributed by atoms with van der Waals surface area (Å²) in [6.07, 6.45) is 3.61. The van der Waals surface area contributed by atoms with Crippen molar-refractivity contribution in [3.8, 4) is 0 Å². The van der Waals surface area contributed by atoms with Gasteiger partial charge in [0.25, 0.3) is 8.32 Å². The molecule has 9 heteroatoms. The fraction of sp³-hybridized carbons (Fsp3) is 0.574. The van der Waals surface area contributed by atoms with Crippen LogP contribution in [0.1, 0.15) is 93.4 Å². The summed E-state index contributed by atoms with van der Waals surface area (Å²) in [5.41, 5.74) is 0.692. The van der Waals surface area contributed by atoms with Crippen LogP contribution in [0.2, 0.25) is 5.04 Å². The second kappa shape index (κ2) is 19.4. The molecule has 3 aromatic carbocycles. The molecule has 2 aliphatic rings. The van der Waals surface area contributed by atoms with Crippen molar-refractivity contribution in [1.82, 2.24) is 0 Å². The highest BCUT2D eigenvalue weighted by atomic mass is 32.2. The van der Waals surface area contributed by atoms with E-state index in [4.69, 9.17) is 18.6 Å². The van der Waals surface area contributed by atoms with Gasteiger partial charge in [-0.2, -0.15) is 0 Å². The molecule has 2 heterocycles. The Kier molecular flexibility index (Phi) is 15.4. The van der Waals surface area contributed by atoms with Crippen LogP contribution in [0, 0.1) is 23.7 Å². The van der Waals surface area contributed by atoms with Crippen molar-refractivity contribution < 1.29 is 32.2 Å². The molecule has 0 unspecified atom stereocenters. The molecule has 3 aromatic rings. The summed E-state index contributed by atoms with van der Waals surface area (Å²) in [5, 5.41) is 14.2. The highest BCUT2D eigenvalue weighted by molar-refractivity contribution is 7.91. The van der Waals surface area contributed by atoms with Gasteiger partial charge in [-0.25, -0.2) is 8.42 Å². The van der Waals surface area contributed by atoms with E-state index in [0.717, 1.165) is 25.7 Å². The molecule has 1 N–H and O–H groups in total. The standard InChI is InChI=1S/C47H68O7SSi/c1-9-35(2)31-44-38(5)42(34-55(49,50)39-21-13-10-14-22-39)45(54-44)32-43(48)37(4)36(3)33-47(51-28-20-29-52-47)27-19-30-53-56(46(6,7)8,40-23-15-11-16-24-40)41-25-17-12-18-26-41/h10-18,21-26,35-36,38,42-45,48H,4,9,19-20,27-34H2,1-3,5-8H3/t35-,36-,38-,42-,43-,44-,45+/m1/s1. The minimum atomic E-state index is -3.55. The van der Waals surface area contributed by atoms with Crippen LogP contribution in [-0.4, -0.2) is 71.5 Å². The third-order valence-electron chi connectivity index (χ3n) is 12.5. The molecule has 0 aromatic heterocycles. The van der Waals surface area contributed by atoms with Crippen molar-refractivity contribution in [3.63, 3.8) is 0 Å². The molecule has 2 saturated heterocycles. The highest BCUT2D eigenvalue weighted by Gasteiger charge is 2.50. The van der Waals surface area contributed by atoms with Crippen LogP contribution >= 0.6 is 0 Å². The Balaban J connectivity index is 1.27. The van der Waals surface area contributed by atoms with Crippen LogP contribution in [0.25, 0.3) is 0 Å². The predicted molar refractivity (Wildman–Crippen MR) is 229 cm³/mol. The maximum Gasteiger partial charge on any atom is 0.261 e. The van der Waals surface area contributed by atoms with Crippen molar-refractivity contribution in [2.24, 2.45) is 23.7 Å². The van der Waals surface area contributed by atoms with Gasteiger partial charge in [-0.1, -0.05) is 140 Å². The Labute approximate surface area is 339 Å². The van der Waals surface area contributed by atoms with Crippen LogP contribution in [0.4, 0.5) is 0 Å². The molecular weight excluding hydrogens is 737 g/mol. The molecule has 0 aliphatic carbocycles. The quantitative estimate of drug-likeness (QED) is 0.0737. The number of ether oxygens (including phenoxy) is 3. The maximum absolute atomic E-state index is 13.6. The Morgan fingerprint density at radius 2 is 1.46 bits per heavy atom. The highest BCUT2D eigenvalue weighted by Crippen LogP contribution is 2.42. The normalized spacial score (nSPS) is 23.4. The molecule has 7 atom stereocenters. The average molecular weight is 805 g/mol. The van der Waals surface area contributed by atoms with Gasteiger partial charge in [0.15, 0.2) is 15.6 Å². The molecule has 0 amide bonds. The fourth-order valence-electron chi connectivity index (χ4n) is 8.97. The number of benzene rings is 3. The molecule has 0 saturated carbocycles. The molecule has 308 valence electrons. The van der Waals surface area contributed by atoms with Crippen LogP contribution < -0.4 is 10.4 Å². The van der Waals surface area contributed by atoms with Crippen LogP contribution in [0.3, 0.4) is 0 Å². The van der Waals surface area contributed by atoms with Crippen LogP contribution in [0.5, 0.6) is 0 Å². The first kappa shape index (κ1) is 44.5. The largest absolute Gasteiger partial charge is 0.407 e. The lowest BCUT2D eigenvalue weighted by atomic mass is 9.82. The first-order valence-electron chi connectivity index (χ1n) is 21.0. The number of hydrogen-bond acceptors (Lipinski definition) is 7. The third-order valence-corrected chi connectivity index (χ3v) is 19.4. The Bertz CT molecular complexity index is 1720. The monoisotopic (exact) mass is 804 g/mol. The van der Waals surface area contributed by atoms with E-state index < -0.39 is 36.1 Å². The van der Waals surface area contributed by atoms with Crippen LogP contribution in [-0.2, 0) is 28.5 Å². The number of aliphatic hydroxyl groups excluding tert-OH is 1. The number of sulfone groups is 1. The molecule has 7 nitrogen and oxygen atoms in total. The van der Waals surface area contributed by atoms with Crippen molar-refractivity contribution in [1.29, 1.82) is 0 Å². The summed E-state index contributed by atoms with van der Waals surface area (Å²) in [6, 6.07) is 30.1. The summed E-state index contributed by atoms with van der Waals surface area (Å²) >= 11 is 0. The van der Waals surface area contributed by atoms with E-state index in [2.05, 4.69) is 116 Å². The Hall–Kier alpha value is -2.63. The van der Waals surface area contributed by atoms with Gasteiger partial charge in [0.05, 0.1) is 42.2 Å². The van der Waals surface area contributed by atoms with Gasteiger partial charge in [0, 0.05) is 31.8 Å². The fourth-order valence-corrected chi connectivity index (χ4v) is 15.4. The topological polar surface area (TPSA) is 91.3 Å². The predicted octanol–water partition coefficient (Wildman–Crippen LogP) is 8.74. The zero-order chi connectivity index (χ0) is 40.6. The number of rotatable bonds is 19. The minimum Gasteiger partial charge on any atom is -0.407 e. The summed E-state index contributed by atoms with van der Waals surface area (Å²) in [7, 11) is -6.24. The lowest BCUT2D eigenvalue weighted by Crippen LogP contribution is -2.66. The molecule has 2 aliphatic heterocycles. The Morgan fingerprint density at radius 3 is 2.00 bits per heavy atom. The van der Waals surface area contributed by atoms with E-state index >= 15 is 0 Å². The van der Waals surface area contributed by atoms with Gasteiger partial charge in [-0.3, -0.25) is 0 Å². The molecule has 0 radical (unpaired) electrons. The number of hydrogen-bond donors (Lipinski definition) is 1. The molecular formula is C47H68O7SSi. The van der Waals surface area contributed by atoms with Crippen molar-refractivity contribution >= 4 is 28.5 Å². The summed E-state index contributed by atoms with van der Waals surface area (Å²) in [5.74, 6) is -0.727. The van der Waals surface area contributed by atoms with Crippen molar-refractivity contribution in [2.45, 2.75) is 127 Å². The average Bonchev–Trinajstić information content (AvgIpc) is 3.46. The first-order valence-corrected chi connectivity index (χ1v) is 24.5. The lowest BCUT2D eigenvalue weighted by Gasteiger charge is -2.43. The number of aliphatic hydroxyl groups is 1. The SMILES string of the molecule is C=C([C@H](C)CC1(CCCO[Si](c2ccccc2)(c2ccccc2)C(C)(C)C)OCCCO1)[C@H](O)C[C@@H]1O[C@H](C[C@H](C)CC)[C@H](C)[C@H]1CS(=O)(=O)c1ccccc1. The molecule has 5 rings (SSSR count). The molecule has 0 spiro atoms. The van der Waals surface area contributed by atoms with E-state index in [1.807, 2.05) is 6.07 Å². The lowest BCUT2D eigenvalue weighted by molar-refractivity contribution is -0.277. The minimum absolute atomic E-state index is 0.0185. The zero-order valence-electron chi connectivity index (χ0n) is 35.0. The van der Waals surface area contributed by atoms with Gasteiger partial charge in [0.1, 0.15) is 0 Å². The second-order valence-corrected chi connectivity index (χ2v) is 23.9. The van der Waals surface area contributed by atoms with Gasteiger partial charge in [-0.05, 0) is 70.1 Å². The first-order chi connectivity index (χ1) is 26.6. The van der Waals surface area contributed by atoms with E-state index in [1.54, 1.807) is 24.3 Å². The van der Waals surface area contributed by atoms with Gasteiger partial charge >= 0.3 is 0 Å². The second-order valence-electron chi connectivity index (χ2n) is 17.6. The summed E-state index contributed by atoms with van der Waals surface area (Å²) < 4.78 is 54.1. The van der Waals surface area contributed by atoms with E-state index in [-0.39, 0.29) is 34.6 Å². The smallest absolute Gasteiger partial charge is 0.261 e. The van der Waals surface area contributed by atoms with Crippen molar-refractivity contribution in [2.75, 3.05) is 25.6 Å². The molecule has 0 bridgehead atoms. The zero-order valence-corrected chi connectivity index (χ0v) is 36.8. The van der Waals surface area contributed by atoms with Gasteiger partial charge in [-0.15, -0.1) is 0 Å². The van der Waals surface area contributed by atoms with Crippen molar-refractivity contribution in [3.05, 3.63) is 103 Å². The van der Waals surface area contributed by atoms with E-state index in [0.29, 0.717) is 55.5 Å². The molecule has 2 fully saturated rings. The van der Waals surface area contributed by atoms with Gasteiger partial charge in [0.2, 0.25) is 0 Å². The van der Waals surface area contributed by atoms with E-state index in [1.165, 1.54) is 10.4 Å². The van der Waals surface area contributed by atoms with Crippen LogP contribution in [0.15, 0.2) is 108 Å². The summed E-state index contributed by atoms with van der Waals surface area (Å²) in [4.78, 5) is 0.324. The van der Waals surface area contributed by atoms with Gasteiger partial charge < -0.3 is 23.7 Å². The summed E-state index contributed by atoms with van der Waals surface area (Å²) in [6.45, 7) is 21.6. The third kappa shape index (κ3) is 10.5. The van der Waals surface area contributed by atoms with E-state index in [9.17, 15) is 13.5 Å². The maximum atomic E-state index is 13.6. The molecule has 56 heavy (non-hydrogen) atoms.